The van der Waals surface area contributed by atoms with Crippen molar-refractivity contribution >= 4 is 76.2 Å². The van der Waals surface area contributed by atoms with Crippen molar-refractivity contribution in [1.29, 1.82) is 0 Å². The molecule has 0 saturated carbocycles. The van der Waals surface area contributed by atoms with E-state index in [0.29, 0.717) is 0 Å². The van der Waals surface area contributed by atoms with E-state index in [1.54, 1.807) is 0 Å². The van der Waals surface area contributed by atoms with Crippen LogP contribution in [0.15, 0.2) is 138 Å². The fourth-order valence-corrected chi connectivity index (χ4v) is 6.75. The average molecular weight is 578 g/mol. The van der Waals surface area contributed by atoms with Gasteiger partial charge in [0.2, 0.25) is 0 Å². The number of hydrogen-bond donors (Lipinski definition) is 0. The maximum Gasteiger partial charge on any atom is 0.117 e. The van der Waals surface area contributed by atoms with Crippen LogP contribution < -0.4 is 4.90 Å². The highest BCUT2D eigenvalue weighted by molar-refractivity contribution is 9.10. The molecule has 0 fully saturated rings. The first-order valence-electron chi connectivity index (χ1n) is 13.5. The molecule has 0 spiro atoms. The van der Waals surface area contributed by atoms with Crippen molar-refractivity contribution in [3.63, 3.8) is 0 Å². The highest BCUT2D eigenvalue weighted by Crippen LogP contribution is 2.43. The second kappa shape index (κ2) is 8.97. The number of anilines is 3. The monoisotopic (exact) mass is 576 g/mol. The van der Waals surface area contributed by atoms with E-state index < -0.39 is 0 Å². The number of halogens is 1. The summed E-state index contributed by atoms with van der Waals surface area (Å²) in [5.41, 5.74) is 4.69. The molecule has 0 N–H and O–H groups in total. The number of rotatable bonds is 4. The lowest BCUT2D eigenvalue weighted by Gasteiger charge is -2.26. The molecule has 0 radical (unpaired) electrons. The number of fused-ring (bicyclic) bond motifs is 1. The molecule has 0 unspecified atom stereocenters. The molecule has 0 atom stereocenters. The zero-order valence-electron chi connectivity index (χ0n) is 22.0. The van der Waals surface area contributed by atoms with Crippen LogP contribution in [0, 0.1) is 0 Å². The topological polar surface area (TPSA) is 8.17 Å². The van der Waals surface area contributed by atoms with Crippen LogP contribution in [0.5, 0.6) is 0 Å². The van der Waals surface area contributed by atoms with Crippen LogP contribution >= 0.6 is 15.9 Å². The number of aromatic nitrogens is 1. The Balaban J connectivity index is 1.35. The number of hydrogen-bond acceptors (Lipinski definition) is 1. The lowest BCUT2D eigenvalue weighted by atomic mass is 9.91. The summed E-state index contributed by atoms with van der Waals surface area (Å²) in [6.07, 6.45) is 0. The van der Waals surface area contributed by atoms with Crippen molar-refractivity contribution in [3.8, 4) is 11.3 Å². The number of benzene rings is 7. The molecule has 8 aromatic rings. The lowest BCUT2D eigenvalue weighted by Crippen LogP contribution is -2.13. The average Bonchev–Trinajstić information content (AvgIpc) is 3.37. The maximum absolute atomic E-state index is 3.79. The van der Waals surface area contributed by atoms with Gasteiger partial charge < -0.3 is 4.57 Å². The van der Waals surface area contributed by atoms with Crippen LogP contribution in [0.25, 0.3) is 54.3 Å². The van der Waals surface area contributed by atoms with Crippen molar-refractivity contribution in [2.75, 3.05) is 4.90 Å². The van der Waals surface area contributed by atoms with E-state index >= 15 is 0 Å². The van der Waals surface area contributed by atoms with Crippen LogP contribution in [0.3, 0.4) is 0 Å². The van der Waals surface area contributed by atoms with Gasteiger partial charge >= 0.3 is 0 Å². The predicted molar refractivity (Wildman–Crippen MR) is 174 cm³/mol. The van der Waals surface area contributed by atoms with Gasteiger partial charge in [-0.3, -0.25) is 4.90 Å². The molecule has 40 heavy (non-hydrogen) atoms. The minimum atomic E-state index is 1.12. The largest absolute Gasteiger partial charge is 0.330 e. The van der Waals surface area contributed by atoms with Gasteiger partial charge in [-0.1, -0.05) is 107 Å². The van der Waals surface area contributed by atoms with Crippen molar-refractivity contribution in [2.45, 2.75) is 0 Å². The Kier molecular flexibility index (Phi) is 5.23. The van der Waals surface area contributed by atoms with Crippen molar-refractivity contribution in [1.82, 2.24) is 4.57 Å². The summed E-state index contributed by atoms with van der Waals surface area (Å²) in [6, 6.07) is 48.3. The molecule has 2 nitrogen and oxygen atoms in total. The first-order valence-corrected chi connectivity index (χ1v) is 14.3. The van der Waals surface area contributed by atoms with Crippen LogP contribution in [-0.4, -0.2) is 4.57 Å². The van der Waals surface area contributed by atoms with Gasteiger partial charge in [0.25, 0.3) is 0 Å². The molecule has 0 aliphatic heterocycles. The molecule has 0 saturated heterocycles. The van der Waals surface area contributed by atoms with Crippen molar-refractivity contribution < 1.29 is 0 Å². The van der Waals surface area contributed by atoms with Crippen LogP contribution in [0.2, 0.25) is 0 Å². The Hall–Kier alpha value is -4.60. The molecule has 1 aromatic heterocycles. The first kappa shape index (κ1) is 23.3. The summed E-state index contributed by atoms with van der Waals surface area (Å²) in [5, 5.41) is 10.2. The molecule has 0 aliphatic rings. The number of nitrogens with zero attached hydrogens (tertiary/aromatic N) is 2. The SMILES string of the molecule is Cn1c(-c2ccc3ccc4c(Br)ccc5ccc2c3c54)ccc1N(c1ccccc1)c1ccc2ccccc2c1. The molecular weight excluding hydrogens is 552 g/mol. The standard InChI is InChI=1S/C37H25BrN2/c1-39-34(30-17-12-25-14-19-32-33(38)20-15-26-13-18-31(30)36(25)37(26)32)21-22-35(39)40(28-9-3-2-4-10-28)29-16-11-24-7-5-6-8-27(24)23-29/h2-23H,1H3. The summed E-state index contributed by atoms with van der Waals surface area (Å²) in [4.78, 5) is 2.35. The highest BCUT2D eigenvalue weighted by Gasteiger charge is 2.20. The molecule has 0 bridgehead atoms. The third kappa shape index (κ3) is 3.48. The van der Waals surface area contributed by atoms with Gasteiger partial charge in [0.1, 0.15) is 5.82 Å². The van der Waals surface area contributed by atoms with E-state index in [-0.39, 0.29) is 0 Å². The van der Waals surface area contributed by atoms with Crippen molar-refractivity contribution in [2.24, 2.45) is 7.05 Å². The van der Waals surface area contributed by atoms with E-state index in [2.05, 4.69) is 166 Å². The number of para-hydroxylation sites is 1. The van der Waals surface area contributed by atoms with Gasteiger partial charge in [-0.25, -0.2) is 0 Å². The van der Waals surface area contributed by atoms with Gasteiger partial charge in [0.05, 0.1) is 5.69 Å². The zero-order valence-corrected chi connectivity index (χ0v) is 23.6. The fraction of sp³-hybridized carbons (Fsp3) is 0.0270. The minimum Gasteiger partial charge on any atom is -0.330 e. The van der Waals surface area contributed by atoms with Crippen LogP contribution in [-0.2, 0) is 7.05 Å². The molecule has 3 heteroatoms. The molecule has 1 heterocycles. The molecule has 0 aliphatic carbocycles. The Labute approximate surface area is 241 Å². The van der Waals surface area contributed by atoms with Gasteiger partial charge in [-0.15, -0.1) is 0 Å². The minimum absolute atomic E-state index is 1.12. The van der Waals surface area contributed by atoms with Gasteiger partial charge in [-0.05, 0) is 85.6 Å². The Bertz CT molecular complexity index is 2190. The van der Waals surface area contributed by atoms with Gasteiger partial charge in [-0.2, -0.15) is 0 Å². The van der Waals surface area contributed by atoms with Crippen molar-refractivity contribution in [3.05, 3.63) is 138 Å². The quantitative estimate of drug-likeness (QED) is 0.189. The zero-order chi connectivity index (χ0) is 26.8. The molecule has 0 amide bonds. The Morgan fingerprint density at radius 1 is 0.525 bits per heavy atom. The third-order valence-corrected chi connectivity index (χ3v) is 8.91. The van der Waals surface area contributed by atoms with E-state index in [0.717, 1.165) is 21.7 Å². The maximum atomic E-state index is 3.79. The summed E-state index contributed by atoms with van der Waals surface area (Å²) < 4.78 is 3.46. The van der Waals surface area contributed by atoms with E-state index in [4.69, 9.17) is 0 Å². The smallest absolute Gasteiger partial charge is 0.117 e. The summed E-state index contributed by atoms with van der Waals surface area (Å²) in [6.45, 7) is 0. The van der Waals surface area contributed by atoms with E-state index in [9.17, 15) is 0 Å². The Morgan fingerprint density at radius 2 is 1.18 bits per heavy atom. The third-order valence-electron chi connectivity index (χ3n) is 8.22. The van der Waals surface area contributed by atoms with E-state index in [1.165, 1.54) is 54.3 Å². The second-order valence-corrected chi connectivity index (χ2v) is 11.3. The normalized spacial score (nSPS) is 11.8. The summed E-state index contributed by atoms with van der Waals surface area (Å²) >= 11 is 3.79. The molecular formula is C37H25BrN2. The molecule has 7 aromatic carbocycles. The summed E-state index contributed by atoms with van der Waals surface area (Å²) in [5.74, 6) is 1.12. The molecule has 8 rings (SSSR count). The van der Waals surface area contributed by atoms with E-state index in [1.807, 2.05) is 0 Å². The summed E-state index contributed by atoms with van der Waals surface area (Å²) in [7, 11) is 2.18. The first-order chi connectivity index (χ1) is 19.7. The molecule has 190 valence electrons. The Morgan fingerprint density at radius 3 is 2.00 bits per heavy atom. The van der Waals surface area contributed by atoms with Gasteiger partial charge in [0.15, 0.2) is 0 Å². The van der Waals surface area contributed by atoms with Crippen LogP contribution in [0.4, 0.5) is 17.2 Å². The lowest BCUT2D eigenvalue weighted by molar-refractivity contribution is 0.922. The highest BCUT2D eigenvalue weighted by atomic mass is 79.9. The second-order valence-electron chi connectivity index (χ2n) is 10.4. The van der Waals surface area contributed by atoms with Crippen LogP contribution in [0.1, 0.15) is 0 Å². The van der Waals surface area contributed by atoms with Gasteiger partial charge in [0, 0.05) is 28.5 Å². The predicted octanol–water partition coefficient (Wildman–Crippen LogP) is 11.0. The fourth-order valence-electron chi connectivity index (χ4n) is 6.29.